The Morgan fingerprint density at radius 2 is 2.41 bits per heavy atom. The quantitative estimate of drug-likeness (QED) is 0.406. The van der Waals surface area contributed by atoms with Crippen LogP contribution >= 0.6 is 11.8 Å². The van der Waals surface area contributed by atoms with E-state index in [4.69, 9.17) is 10.5 Å². The van der Waals surface area contributed by atoms with Crippen LogP contribution in [0.3, 0.4) is 0 Å². The maximum absolute atomic E-state index is 11.5. The normalized spacial score (nSPS) is 27.4. The van der Waals surface area contributed by atoms with Gasteiger partial charge in [0.2, 0.25) is 5.91 Å². The molecule has 2 aliphatic rings. The number of ether oxygens (including phenoxy) is 1. The third kappa shape index (κ3) is 1.96. The lowest BCUT2D eigenvalue weighted by Gasteiger charge is -2.47. The van der Waals surface area contributed by atoms with E-state index in [2.05, 4.69) is 0 Å². The average molecular weight is 256 g/mol. The molecule has 2 atom stereocenters. The number of allylic oxidation sites excluding steroid dienone is 1. The van der Waals surface area contributed by atoms with E-state index in [1.54, 1.807) is 0 Å². The van der Waals surface area contributed by atoms with E-state index >= 15 is 0 Å². The van der Waals surface area contributed by atoms with Crippen LogP contribution in [0.2, 0.25) is 0 Å². The number of aldehydes is 1. The highest BCUT2D eigenvalue weighted by Gasteiger charge is 2.49. The van der Waals surface area contributed by atoms with Crippen molar-refractivity contribution in [1.82, 2.24) is 4.90 Å². The molecule has 6 nitrogen and oxygen atoms in total. The fourth-order valence-electron chi connectivity index (χ4n) is 1.80. The van der Waals surface area contributed by atoms with E-state index in [-0.39, 0.29) is 17.9 Å². The maximum atomic E-state index is 11.5. The first-order chi connectivity index (χ1) is 8.06. The van der Waals surface area contributed by atoms with Gasteiger partial charge in [-0.3, -0.25) is 19.3 Å². The number of hydrogen-bond donors (Lipinski definition) is 1. The molecule has 0 radical (unpaired) electrons. The summed E-state index contributed by atoms with van der Waals surface area (Å²) in [6.45, 7) is 1.34. The first kappa shape index (κ1) is 12.1. The van der Waals surface area contributed by atoms with Gasteiger partial charge >= 0.3 is 5.97 Å². The van der Waals surface area contributed by atoms with Crippen LogP contribution in [-0.4, -0.2) is 46.8 Å². The zero-order chi connectivity index (χ0) is 12.6. The molecule has 2 unspecified atom stereocenters. The van der Waals surface area contributed by atoms with E-state index < -0.39 is 12.0 Å². The van der Waals surface area contributed by atoms with Crippen LogP contribution in [0.1, 0.15) is 6.92 Å². The number of thioether (sulfide) groups is 1. The minimum Gasteiger partial charge on any atom is -0.461 e. The molecule has 0 spiro atoms. The van der Waals surface area contributed by atoms with Gasteiger partial charge in [-0.1, -0.05) is 0 Å². The lowest BCUT2D eigenvalue weighted by molar-refractivity contribution is -0.142. The molecule has 1 saturated heterocycles. The fourth-order valence-corrected chi connectivity index (χ4v) is 3.09. The highest BCUT2D eigenvalue weighted by atomic mass is 32.2. The topological polar surface area (TPSA) is 89.7 Å². The standard InChI is InChI=1S/C10H12N2O4S/c1-5(14)16-3-6-4-17-10-8(11)9(15)12(10)7(6)2-13/h2,8,10H,3-4,11H2,1H3. The summed E-state index contributed by atoms with van der Waals surface area (Å²) in [5, 5.41) is -0.163. The molecule has 0 aromatic carbocycles. The molecular weight excluding hydrogens is 244 g/mol. The molecule has 0 aromatic rings. The van der Waals surface area contributed by atoms with Crippen LogP contribution < -0.4 is 5.73 Å². The van der Waals surface area contributed by atoms with Gasteiger partial charge in [-0.05, 0) is 0 Å². The average Bonchev–Trinajstić information content (AvgIpc) is 2.33. The van der Waals surface area contributed by atoms with Crippen LogP contribution in [0.5, 0.6) is 0 Å². The van der Waals surface area contributed by atoms with Gasteiger partial charge in [0, 0.05) is 18.2 Å². The minimum absolute atomic E-state index is 0.0438. The number of nitrogens with zero attached hydrogens (tertiary/aromatic N) is 1. The molecule has 0 aliphatic carbocycles. The zero-order valence-corrected chi connectivity index (χ0v) is 10.0. The molecule has 0 saturated carbocycles. The second-order valence-corrected chi connectivity index (χ2v) is 4.93. The smallest absolute Gasteiger partial charge is 0.302 e. The van der Waals surface area contributed by atoms with Gasteiger partial charge in [0.15, 0.2) is 6.29 Å². The highest BCUT2D eigenvalue weighted by molar-refractivity contribution is 8.00. The predicted molar refractivity (Wildman–Crippen MR) is 60.8 cm³/mol. The van der Waals surface area contributed by atoms with Gasteiger partial charge in [0.25, 0.3) is 0 Å². The van der Waals surface area contributed by atoms with Gasteiger partial charge < -0.3 is 10.5 Å². The Hall–Kier alpha value is -1.34. The summed E-state index contributed by atoms with van der Waals surface area (Å²) in [6.07, 6.45) is 0.620. The number of rotatable bonds is 3. The molecule has 7 heteroatoms. The Morgan fingerprint density at radius 3 is 3.00 bits per heavy atom. The second-order valence-electron chi connectivity index (χ2n) is 3.82. The monoisotopic (exact) mass is 256 g/mol. The van der Waals surface area contributed by atoms with Crippen molar-refractivity contribution in [3.63, 3.8) is 0 Å². The number of fused-ring (bicyclic) bond motifs is 1. The number of amides is 1. The number of nitrogens with two attached hydrogens (primary N) is 1. The van der Waals surface area contributed by atoms with Gasteiger partial charge in [-0.15, -0.1) is 11.8 Å². The van der Waals surface area contributed by atoms with Crippen molar-refractivity contribution >= 4 is 29.9 Å². The first-order valence-electron chi connectivity index (χ1n) is 5.07. The van der Waals surface area contributed by atoms with Crippen molar-refractivity contribution < 1.29 is 19.1 Å². The van der Waals surface area contributed by atoms with E-state index in [1.165, 1.54) is 23.6 Å². The Kier molecular flexibility index (Phi) is 3.21. The molecular formula is C10H12N2O4S. The summed E-state index contributed by atoms with van der Waals surface area (Å²) >= 11 is 1.48. The Morgan fingerprint density at radius 1 is 1.71 bits per heavy atom. The zero-order valence-electron chi connectivity index (χ0n) is 9.21. The van der Waals surface area contributed by atoms with Crippen molar-refractivity contribution in [2.24, 2.45) is 5.73 Å². The van der Waals surface area contributed by atoms with E-state index in [1.807, 2.05) is 0 Å². The Labute approximate surface area is 102 Å². The molecule has 2 N–H and O–H groups in total. The number of carbonyl (C=O) groups is 3. The highest BCUT2D eigenvalue weighted by Crippen LogP contribution is 2.38. The Bertz CT molecular complexity index is 421. The van der Waals surface area contributed by atoms with Gasteiger partial charge in [-0.2, -0.15) is 0 Å². The third-order valence-corrected chi connectivity index (χ3v) is 4.06. The Balaban J connectivity index is 2.18. The van der Waals surface area contributed by atoms with Crippen molar-refractivity contribution in [2.75, 3.05) is 12.4 Å². The number of β-lactam (4-membered cyclic amide) rings is 1. The van der Waals surface area contributed by atoms with Crippen LogP contribution in [0.4, 0.5) is 0 Å². The SMILES string of the molecule is CC(=O)OCC1=C(C=O)N2C(=O)C(N)C2SC1. The van der Waals surface area contributed by atoms with Gasteiger partial charge in [0.05, 0.1) is 5.70 Å². The number of esters is 1. The lowest BCUT2D eigenvalue weighted by atomic mass is 10.0. The summed E-state index contributed by atoms with van der Waals surface area (Å²) in [7, 11) is 0. The fraction of sp³-hybridized carbons (Fsp3) is 0.500. The summed E-state index contributed by atoms with van der Waals surface area (Å²) in [4.78, 5) is 34.6. The van der Waals surface area contributed by atoms with Crippen molar-refractivity contribution in [1.29, 1.82) is 0 Å². The van der Waals surface area contributed by atoms with Crippen LogP contribution in [-0.2, 0) is 19.1 Å². The number of hydrogen-bond acceptors (Lipinski definition) is 6. The summed E-state index contributed by atoms with van der Waals surface area (Å²) < 4.78 is 4.84. The van der Waals surface area contributed by atoms with Crippen molar-refractivity contribution in [3.8, 4) is 0 Å². The molecule has 0 aromatic heterocycles. The molecule has 1 fully saturated rings. The minimum atomic E-state index is -0.537. The molecule has 2 rings (SSSR count). The van der Waals surface area contributed by atoms with Crippen LogP contribution in [0.15, 0.2) is 11.3 Å². The van der Waals surface area contributed by atoms with E-state index in [0.717, 1.165) is 0 Å². The van der Waals surface area contributed by atoms with Gasteiger partial charge in [0.1, 0.15) is 18.0 Å². The van der Waals surface area contributed by atoms with Crippen molar-refractivity contribution in [3.05, 3.63) is 11.3 Å². The van der Waals surface area contributed by atoms with Crippen LogP contribution in [0, 0.1) is 0 Å². The van der Waals surface area contributed by atoms with Gasteiger partial charge in [-0.25, -0.2) is 0 Å². The summed E-state index contributed by atoms with van der Waals surface area (Å²) in [5.41, 5.74) is 6.57. The molecule has 2 aliphatic heterocycles. The largest absolute Gasteiger partial charge is 0.461 e. The molecule has 17 heavy (non-hydrogen) atoms. The molecule has 0 bridgehead atoms. The predicted octanol–water partition coefficient (Wildman–Crippen LogP) is -0.755. The number of carbonyl (C=O) groups excluding carboxylic acids is 3. The molecule has 1 amide bonds. The molecule has 92 valence electrons. The van der Waals surface area contributed by atoms with Crippen molar-refractivity contribution in [2.45, 2.75) is 18.3 Å². The summed E-state index contributed by atoms with van der Waals surface area (Å²) in [5.74, 6) is -0.130. The second kappa shape index (κ2) is 4.50. The molecule has 2 heterocycles. The maximum Gasteiger partial charge on any atom is 0.302 e. The lowest BCUT2D eigenvalue weighted by Crippen LogP contribution is -2.68. The van der Waals surface area contributed by atoms with E-state index in [0.29, 0.717) is 23.3 Å². The first-order valence-corrected chi connectivity index (χ1v) is 6.12. The summed E-state index contributed by atoms with van der Waals surface area (Å²) in [6, 6.07) is -0.537. The van der Waals surface area contributed by atoms with E-state index in [9.17, 15) is 14.4 Å². The van der Waals surface area contributed by atoms with Crippen LogP contribution in [0.25, 0.3) is 0 Å². The third-order valence-electron chi connectivity index (χ3n) is 2.70.